The number of carbonyl (C=O) groups is 2. The molecule has 0 saturated heterocycles. The van der Waals surface area contributed by atoms with E-state index in [1.54, 1.807) is 38.1 Å². The Hall–Kier alpha value is -3.77. The summed E-state index contributed by atoms with van der Waals surface area (Å²) in [6.45, 7) is 5.01. The highest BCUT2D eigenvalue weighted by molar-refractivity contribution is 9.10. The SMILES string of the molecule is CCOC(=O)C1=C(C)OC(N)=C(C#N)C1c1cc(Br)ccc1OCC(=O)Nc1ccccc1C. The van der Waals surface area contributed by atoms with E-state index in [0.717, 1.165) is 5.56 Å². The number of hydrogen-bond donors (Lipinski definition) is 2. The Morgan fingerprint density at radius 3 is 2.65 bits per heavy atom. The topological polar surface area (TPSA) is 124 Å². The lowest BCUT2D eigenvalue weighted by molar-refractivity contribution is -0.139. The lowest BCUT2D eigenvalue weighted by Crippen LogP contribution is -2.26. The molecule has 8 nitrogen and oxygen atoms in total. The van der Waals surface area contributed by atoms with Gasteiger partial charge in [0.2, 0.25) is 5.88 Å². The summed E-state index contributed by atoms with van der Waals surface area (Å²) in [6.07, 6.45) is 0. The van der Waals surface area contributed by atoms with E-state index in [1.165, 1.54) is 0 Å². The summed E-state index contributed by atoms with van der Waals surface area (Å²) in [5.74, 6) is -1.46. The Bertz CT molecular complexity index is 1230. The van der Waals surface area contributed by atoms with E-state index in [4.69, 9.17) is 19.9 Å². The van der Waals surface area contributed by atoms with Crippen LogP contribution in [0.25, 0.3) is 0 Å². The predicted octanol–water partition coefficient (Wildman–Crippen LogP) is 4.42. The number of halogens is 1. The van der Waals surface area contributed by atoms with Crippen molar-refractivity contribution in [3.05, 3.63) is 80.9 Å². The monoisotopic (exact) mass is 525 g/mol. The molecule has 176 valence electrons. The normalized spacial score (nSPS) is 15.3. The molecule has 1 amide bonds. The van der Waals surface area contributed by atoms with Crippen molar-refractivity contribution in [3.8, 4) is 11.8 Å². The van der Waals surface area contributed by atoms with Crippen molar-refractivity contribution in [3.63, 3.8) is 0 Å². The molecular formula is C25H24BrN3O5. The maximum atomic E-state index is 12.8. The molecule has 0 aliphatic carbocycles. The zero-order valence-corrected chi connectivity index (χ0v) is 20.6. The van der Waals surface area contributed by atoms with Gasteiger partial charge in [-0.1, -0.05) is 34.1 Å². The number of nitrogens with zero attached hydrogens (tertiary/aromatic N) is 1. The van der Waals surface area contributed by atoms with Crippen LogP contribution in [0.3, 0.4) is 0 Å². The van der Waals surface area contributed by atoms with Crippen LogP contribution in [0.2, 0.25) is 0 Å². The molecule has 0 bridgehead atoms. The van der Waals surface area contributed by atoms with E-state index in [1.807, 2.05) is 31.2 Å². The Balaban J connectivity index is 1.96. The third kappa shape index (κ3) is 5.41. The number of hydrogen-bond acceptors (Lipinski definition) is 7. The summed E-state index contributed by atoms with van der Waals surface area (Å²) in [5, 5.41) is 12.6. The summed E-state index contributed by atoms with van der Waals surface area (Å²) in [6, 6.07) is 14.5. The van der Waals surface area contributed by atoms with Crippen LogP contribution < -0.4 is 15.8 Å². The van der Waals surface area contributed by atoms with Crippen LogP contribution in [0.1, 0.15) is 30.9 Å². The fourth-order valence-corrected chi connectivity index (χ4v) is 3.96. The third-order valence-corrected chi connectivity index (χ3v) is 5.65. The van der Waals surface area contributed by atoms with Crippen LogP contribution in [-0.4, -0.2) is 25.1 Å². The Morgan fingerprint density at radius 2 is 1.97 bits per heavy atom. The van der Waals surface area contributed by atoms with Gasteiger partial charge >= 0.3 is 5.97 Å². The number of carbonyl (C=O) groups excluding carboxylic acids is 2. The molecule has 9 heteroatoms. The maximum Gasteiger partial charge on any atom is 0.338 e. The van der Waals surface area contributed by atoms with Gasteiger partial charge in [-0.3, -0.25) is 4.79 Å². The van der Waals surface area contributed by atoms with Crippen LogP contribution in [0.4, 0.5) is 5.69 Å². The number of amides is 1. The number of nitriles is 1. The molecule has 2 aromatic carbocycles. The number of nitrogens with two attached hydrogens (primary N) is 1. The van der Waals surface area contributed by atoms with E-state index < -0.39 is 11.9 Å². The lowest BCUT2D eigenvalue weighted by atomic mass is 9.82. The van der Waals surface area contributed by atoms with Crippen LogP contribution in [0.15, 0.2) is 69.7 Å². The molecule has 34 heavy (non-hydrogen) atoms. The smallest absolute Gasteiger partial charge is 0.338 e. The number of nitrogens with one attached hydrogen (secondary N) is 1. The molecule has 0 spiro atoms. The molecule has 1 aliphatic heterocycles. The molecule has 2 aromatic rings. The van der Waals surface area contributed by atoms with Gasteiger partial charge in [-0.15, -0.1) is 0 Å². The summed E-state index contributed by atoms with van der Waals surface area (Å²) in [4.78, 5) is 25.4. The highest BCUT2D eigenvalue weighted by Crippen LogP contribution is 2.43. The number of rotatable bonds is 7. The zero-order chi connectivity index (χ0) is 24.8. The second-order valence-electron chi connectivity index (χ2n) is 7.45. The number of para-hydroxylation sites is 1. The highest BCUT2D eigenvalue weighted by atomic mass is 79.9. The molecule has 0 fully saturated rings. The second kappa shape index (κ2) is 10.9. The van der Waals surface area contributed by atoms with Crippen LogP contribution in [-0.2, 0) is 19.1 Å². The average Bonchev–Trinajstić information content (AvgIpc) is 2.79. The fourth-order valence-electron chi connectivity index (χ4n) is 3.58. The number of ether oxygens (including phenoxy) is 3. The highest BCUT2D eigenvalue weighted by Gasteiger charge is 2.38. The van der Waals surface area contributed by atoms with Crippen LogP contribution >= 0.6 is 15.9 Å². The quantitative estimate of drug-likeness (QED) is 0.512. The number of allylic oxidation sites excluding steroid dienone is 2. The first-order chi connectivity index (χ1) is 16.3. The van der Waals surface area contributed by atoms with Crippen molar-refractivity contribution >= 4 is 33.5 Å². The fraction of sp³-hybridized carbons (Fsp3) is 0.240. The summed E-state index contributed by atoms with van der Waals surface area (Å²) in [7, 11) is 0. The number of aryl methyl sites for hydroxylation is 1. The number of anilines is 1. The molecular weight excluding hydrogens is 502 g/mol. The standard InChI is InChI=1S/C25H24BrN3O5/c1-4-32-25(31)22-15(3)34-24(28)18(12-27)23(22)17-11-16(26)9-10-20(17)33-13-21(30)29-19-8-6-5-7-14(19)2/h5-11,23H,4,13,28H2,1-3H3,(H,29,30). The summed E-state index contributed by atoms with van der Waals surface area (Å²) >= 11 is 3.43. The van der Waals surface area contributed by atoms with Gasteiger partial charge in [-0.2, -0.15) is 5.26 Å². The van der Waals surface area contributed by atoms with Crippen molar-refractivity contribution in [2.45, 2.75) is 26.7 Å². The maximum absolute atomic E-state index is 12.8. The number of esters is 1. The molecule has 1 atom stereocenters. The first-order valence-corrected chi connectivity index (χ1v) is 11.3. The van der Waals surface area contributed by atoms with Crippen molar-refractivity contribution in [1.29, 1.82) is 5.26 Å². The minimum absolute atomic E-state index is 0.0426. The van der Waals surface area contributed by atoms with Crippen LogP contribution in [0.5, 0.6) is 5.75 Å². The van der Waals surface area contributed by atoms with E-state index in [0.29, 0.717) is 21.5 Å². The molecule has 3 rings (SSSR count). The van der Waals surface area contributed by atoms with Gasteiger partial charge in [0.05, 0.1) is 18.1 Å². The molecule has 0 radical (unpaired) electrons. The molecule has 1 aliphatic rings. The Kier molecular flexibility index (Phi) is 7.97. The van der Waals surface area contributed by atoms with Gasteiger partial charge in [-0.25, -0.2) is 4.79 Å². The first kappa shape index (κ1) is 24.9. The molecule has 0 saturated carbocycles. The Morgan fingerprint density at radius 1 is 1.24 bits per heavy atom. The van der Waals surface area contributed by atoms with Crippen molar-refractivity contribution in [1.82, 2.24) is 0 Å². The zero-order valence-electron chi connectivity index (χ0n) is 19.0. The minimum atomic E-state index is -0.898. The van der Waals surface area contributed by atoms with Gasteiger partial charge in [0.15, 0.2) is 6.61 Å². The largest absolute Gasteiger partial charge is 0.483 e. The van der Waals surface area contributed by atoms with E-state index >= 15 is 0 Å². The van der Waals surface area contributed by atoms with Crippen LogP contribution in [0, 0.1) is 18.3 Å². The van der Waals surface area contributed by atoms with Crippen molar-refractivity contribution < 1.29 is 23.8 Å². The minimum Gasteiger partial charge on any atom is -0.483 e. The second-order valence-corrected chi connectivity index (χ2v) is 8.36. The molecule has 0 aromatic heterocycles. The summed E-state index contributed by atoms with van der Waals surface area (Å²) in [5.41, 5.74) is 8.23. The van der Waals surface area contributed by atoms with Gasteiger partial charge in [0.25, 0.3) is 5.91 Å². The van der Waals surface area contributed by atoms with Gasteiger partial charge in [-0.05, 0) is 50.6 Å². The first-order valence-electron chi connectivity index (χ1n) is 10.5. The van der Waals surface area contributed by atoms with Gasteiger partial charge in [0.1, 0.15) is 23.2 Å². The lowest BCUT2D eigenvalue weighted by Gasteiger charge is -2.28. The molecule has 3 N–H and O–H groups in total. The molecule has 1 unspecified atom stereocenters. The van der Waals surface area contributed by atoms with E-state index in [2.05, 4.69) is 21.2 Å². The average molecular weight is 526 g/mol. The Labute approximate surface area is 206 Å². The van der Waals surface area contributed by atoms with E-state index in [-0.39, 0.29) is 41.9 Å². The molecule has 1 heterocycles. The van der Waals surface area contributed by atoms with Gasteiger partial charge < -0.3 is 25.3 Å². The summed E-state index contributed by atoms with van der Waals surface area (Å²) < 4.78 is 17.2. The van der Waals surface area contributed by atoms with Crippen molar-refractivity contribution in [2.24, 2.45) is 5.73 Å². The van der Waals surface area contributed by atoms with Crippen molar-refractivity contribution in [2.75, 3.05) is 18.5 Å². The van der Waals surface area contributed by atoms with Gasteiger partial charge in [0, 0.05) is 15.7 Å². The third-order valence-electron chi connectivity index (χ3n) is 5.16. The predicted molar refractivity (Wildman–Crippen MR) is 129 cm³/mol. The number of benzene rings is 2. The van der Waals surface area contributed by atoms with E-state index in [9.17, 15) is 14.9 Å².